The molecule has 0 aliphatic heterocycles. The number of hydrogen-bond acceptors (Lipinski definition) is 4. The van der Waals surface area contributed by atoms with E-state index in [0.717, 1.165) is 16.5 Å². The van der Waals surface area contributed by atoms with Crippen LogP contribution in [-0.4, -0.2) is 27.5 Å². The summed E-state index contributed by atoms with van der Waals surface area (Å²) < 4.78 is 43.2. The maximum absolute atomic E-state index is 12.3. The van der Waals surface area contributed by atoms with Gasteiger partial charge in [-0.15, -0.1) is 0 Å². The van der Waals surface area contributed by atoms with E-state index >= 15 is 0 Å². The molecule has 0 amide bonds. The van der Waals surface area contributed by atoms with E-state index in [1.807, 2.05) is 0 Å². The third-order valence-electron chi connectivity index (χ3n) is 2.59. The van der Waals surface area contributed by atoms with E-state index in [4.69, 9.17) is 4.42 Å². The Labute approximate surface area is 113 Å². The zero-order valence-corrected chi connectivity index (χ0v) is 10.5. The SMILES string of the molecule is O[C@H](CNCc1ccco1)Cn1ccc(C(F)(F)F)n1. The highest BCUT2D eigenvalue weighted by Crippen LogP contribution is 2.27. The van der Waals surface area contributed by atoms with Gasteiger partial charge in [0.25, 0.3) is 0 Å². The highest BCUT2D eigenvalue weighted by Gasteiger charge is 2.33. The summed E-state index contributed by atoms with van der Waals surface area (Å²) in [5.41, 5.74) is -0.965. The van der Waals surface area contributed by atoms with Crippen LogP contribution in [0.5, 0.6) is 0 Å². The second-order valence-corrected chi connectivity index (χ2v) is 4.28. The van der Waals surface area contributed by atoms with Gasteiger partial charge in [-0.25, -0.2) is 0 Å². The molecule has 2 rings (SSSR count). The standard InChI is InChI=1S/C12H14F3N3O2/c13-12(14,15)11-3-4-18(17-11)8-9(19)6-16-7-10-2-1-5-20-10/h1-5,9,16,19H,6-8H2/t9-/m1/s1. The van der Waals surface area contributed by atoms with E-state index in [9.17, 15) is 18.3 Å². The molecule has 2 heterocycles. The molecule has 5 nitrogen and oxygen atoms in total. The van der Waals surface area contributed by atoms with Gasteiger partial charge in [0.15, 0.2) is 5.69 Å². The Hall–Kier alpha value is -1.80. The number of aliphatic hydroxyl groups excluding tert-OH is 1. The quantitative estimate of drug-likeness (QED) is 0.848. The van der Waals surface area contributed by atoms with Crippen molar-refractivity contribution in [1.82, 2.24) is 15.1 Å². The molecule has 0 saturated carbocycles. The lowest BCUT2D eigenvalue weighted by molar-refractivity contribution is -0.141. The molecule has 0 bridgehead atoms. The zero-order chi connectivity index (χ0) is 14.6. The maximum Gasteiger partial charge on any atom is 0.435 e. The molecule has 2 N–H and O–H groups in total. The lowest BCUT2D eigenvalue weighted by Crippen LogP contribution is -2.30. The van der Waals surface area contributed by atoms with Crippen molar-refractivity contribution in [2.45, 2.75) is 25.4 Å². The van der Waals surface area contributed by atoms with Crippen LogP contribution in [0, 0.1) is 0 Å². The summed E-state index contributed by atoms with van der Waals surface area (Å²) in [6.07, 6.45) is -2.58. The average molecular weight is 289 g/mol. The Balaban J connectivity index is 1.76. The number of halogens is 3. The molecule has 0 aromatic carbocycles. The Morgan fingerprint density at radius 3 is 2.80 bits per heavy atom. The van der Waals surface area contributed by atoms with Crippen molar-refractivity contribution in [3.05, 3.63) is 42.1 Å². The number of furan rings is 1. The average Bonchev–Trinajstić information content (AvgIpc) is 2.98. The van der Waals surface area contributed by atoms with Gasteiger partial charge in [-0.3, -0.25) is 4.68 Å². The summed E-state index contributed by atoms with van der Waals surface area (Å²) in [5, 5.41) is 16.0. The highest BCUT2D eigenvalue weighted by atomic mass is 19.4. The number of nitrogens with zero attached hydrogens (tertiary/aromatic N) is 2. The predicted molar refractivity (Wildman–Crippen MR) is 63.7 cm³/mol. The van der Waals surface area contributed by atoms with Gasteiger partial charge in [-0.1, -0.05) is 0 Å². The first-order valence-corrected chi connectivity index (χ1v) is 5.97. The van der Waals surface area contributed by atoms with Crippen LogP contribution in [0.15, 0.2) is 35.1 Å². The second-order valence-electron chi connectivity index (χ2n) is 4.28. The largest absolute Gasteiger partial charge is 0.468 e. The Morgan fingerprint density at radius 1 is 1.40 bits per heavy atom. The third kappa shape index (κ3) is 4.10. The Bertz CT molecular complexity index is 522. The van der Waals surface area contributed by atoms with Crippen LogP contribution in [0.1, 0.15) is 11.5 Å². The first-order chi connectivity index (χ1) is 9.45. The summed E-state index contributed by atoms with van der Waals surface area (Å²) in [7, 11) is 0. The molecule has 0 radical (unpaired) electrons. The van der Waals surface area contributed by atoms with Gasteiger partial charge in [0.1, 0.15) is 5.76 Å². The summed E-state index contributed by atoms with van der Waals surface area (Å²) >= 11 is 0. The summed E-state index contributed by atoms with van der Waals surface area (Å²) in [6, 6.07) is 4.40. The number of aliphatic hydroxyl groups is 1. The van der Waals surface area contributed by atoms with Crippen LogP contribution in [0.2, 0.25) is 0 Å². The molecule has 110 valence electrons. The number of rotatable bonds is 6. The van der Waals surface area contributed by atoms with Crippen molar-refractivity contribution >= 4 is 0 Å². The zero-order valence-electron chi connectivity index (χ0n) is 10.5. The van der Waals surface area contributed by atoms with Gasteiger partial charge >= 0.3 is 6.18 Å². The lowest BCUT2D eigenvalue weighted by Gasteiger charge is -2.11. The maximum atomic E-state index is 12.3. The van der Waals surface area contributed by atoms with Crippen molar-refractivity contribution in [3.63, 3.8) is 0 Å². The van der Waals surface area contributed by atoms with E-state index < -0.39 is 18.0 Å². The summed E-state index contributed by atoms with van der Waals surface area (Å²) in [6.45, 7) is 0.653. The molecule has 0 unspecified atom stereocenters. The fourth-order valence-electron chi connectivity index (χ4n) is 1.67. The molecule has 0 aliphatic rings. The second kappa shape index (κ2) is 6.10. The minimum Gasteiger partial charge on any atom is -0.468 e. The van der Waals surface area contributed by atoms with Gasteiger partial charge in [0.2, 0.25) is 0 Å². The number of hydrogen-bond donors (Lipinski definition) is 2. The van der Waals surface area contributed by atoms with Crippen molar-refractivity contribution in [3.8, 4) is 0 Å². The van der Waals surface area contributed by atoms with Crippen molar-refractivity contribution in [1.29, 1.82) is 0 Å². The Kier molecular flexibility index (Phi) is 4.46. The van der Waals surface area contributed by atoms with E-state index in [1.165, 1.54) is 12.5 Å². The molecule has 2 aromatic rings. The van der Waals surface area contributed by atoms with Crippen molar-refractivity contribution in [2.24, 2.45) is 0 Å². The van der Waals surface area contributed by atoms with Crippen LogP contribution in [0.25, 0.3) is 0 Å². The molecule has 20 heavy (non-hydrogen) atoms. The lowest BCUT2D eigenvalue weighted by atomic mass is 10.3. The van der Waals surface area contributed by atoms with Gasteiger partial charge < -0.3 is 14.8 Å². The minimum absolute atomic E-state index is 0.0127. The minimum atomic E-state index is -4.46. The first kappa shape index (κ1) is 14.6. The van der Waals surface area contributed by atoms with Crippen LogP contribution in [0.4, 0.5) is 13.2 Å². The molecule has 1 atom stereocenters. The number of alkyl halides is 3. The van der Waals surface area contributed by atoms with Crippen LogP contribution < -0.4 is 5.32 Å². The number of aromatic nitrogens is 2. The molecule has 0 aliphatic carbocycles. The summed E-state index contributed by atoms with van der Waals surface area (Å²) in [5.74, 6) is 0.718. The Morgan fingerprint density at radius 2 is 2.20 bits per heavy atom. The van der Waals surface area contributed by atoms with Crippen molar-refractivity contribution < 1.29 is 22.7 Å². The first-order valence-electron chi connectivity index (χ1n) is 5.97. The van der Waals surface area contributed by atoms with Crippen LogP contribution in [-0.2, 0) is 19.3 Å². The van der Waals surface area contributed by atoms with E-state index in [1.54, 1.807) is 12.1 Å². The molecule has 0 spiro atoms. The molecule has 0 fully saturated rings. The van der Waals surface area contributed by atoms with Crippen LogP contribution in [0.3, 0.4) is 0 Å². The van der Waals surface area contributed by atoms with E-state index in [0.29, 0.717) is 6.54 Å². The third-order valence-corrected chi connectivity index (χ3v) is 2.59. The fraction of sp³-hybridized carbons (Fsp3) is 0.417. The molecular weight excluding hydrogens is 275 g/mol. The van der Waals surface area contributed by atoms with Crippen molar-refractivity contribution in [2.75, 3.05) is 6.54 Å². The smallest absolute Gasteiger partial charge is 0.435 e. The van der Waals surface area contributed by atoms with Gasteiger partial charge in [-0.05, 0) is 18.2 Å². The van der Waals surface area contributed by atoms with Gasteiger partial charge in [0, 0.05) is 12.7 Å². The topological polar surface area (TPSA) is 63.2 Å². The van der Waals surface area contributed by atoms with Gasteiger partial charge in [0.05, 0.1) is 25.5 Å². The van der Waals surface area contributed by atoms with Crippen LogP contribution >= 0.6 is 0 Å². The fourth-order valence-corrected chi connectivity index (χ4v) is 1.67. The molecular formula is C12H14F3N3O2. The van der Waals surface area contributed by atoms with E-state index in [-0.39, 0.29) is 13.1 Å². The highest BCUT2D eigenvalue weighted by molar-refractivity contribution is 5.03. The normalized spacial score (nSPS) is 13.6. The molecule has 0 saturated heterocycles. The van der Waals surface area contributed by atoms with Gasteiger partial charge in [-0.2, -0.15) is 18.3 Å². The molecule has 2 aromatic heterocycles. The van der Waals surface area contributed by atoms with E-state index in [2.05, 4.69) is 10.4 Å². The number of nitrogens with one attached hydrogen (secondary N) is 1. The molecule has 8 heteroatoms. The summed E-state index contributed by atoms with van der Waals surface area (Å²) in [4.78, 5) is 0. The monoisotopic (exact) mass is 289 g/mol. The predicted octanol–water partition coefficient (Wildman–Crippen LogP) is 1.65.